The van der Waals surface area contributed by atoms with Crippen molar-refractivity contribution in [2.45, 2.75) is 109 Å². The highest BCUT2D eigenvalue weighted by Crippen LogP contribution is 2.50. The Morgan fingerprint density at radius 2 is 1.68 bits per heavy atom. The number of aromatic nitrogens is 2. The van der Waals surface area contributed by atoms with Crippen LogP contribution in [0.15, 0.2) is 54.6 Å². The van der Waals surface area contributed by atoms with Crippen molar-refractivity contribution < 1.29 is 4.79 Å². The molecule has 2 aromatic carbocycles. The molecule has 3 saturated heterocycles. The molecular formula is C35H48N4O. The Morgan fingerprint density at radius 1 is 0.975 bits per heavy atom. The molecule has 1 unspecified atom stereocenters. The summed E-state index contributed by atoms with van der Waals surface area (Å²) in [5.41, 5.74) is 4.26. The molecule has 0 aliphatic carbocycles. The van der Waals surface area contributed by atoms with E-state index in [2.05, 4.69) is 96.7 Å². The average Bonchev–Trinajstić information content (AvgIpc) is 3.41. The molecule has 2 bridgehead atoms. The molecule has 3 fully saturated rings. The molecule has 6 rings (SSSR count). The van der Waals surface area contributed by atoms with Gasteiger partial charge in [0.15, 0.2) is 0 Å². The molecule has 4 heterocycles. The van der Waals surface area contributed by atoms with Crippen LogP contribution in [0.2, 0.25) is 0 Å². The average molecular weight is 541 g/mol. The first-order chi connectivity index (χ1) is 19.4. The first-order valence-electron chi connectivity index (χ1n) is 15.9. The van der Waals surface area contributed by atoms with Crippen LogP contribution in [0, 0.1) is 12.8 Å². The van der Waals surface area contributed by atoms with Crippen LogP contribution < -0.4 is 0 Å². The fourth-order valence-electron chi connectivity index (χ4n) is 8.72. The normalized spacial score (nSPS) is 26.6. The van der Waals surface area contributed by atoms with Crippen LogP contribution >= 0.6 is 0 Å². The van der Waals surface area contributed by atoms with Gasteiger partial charge in [0.1, 0.15) is 5.82 Å². The number of hydrogen-bond acceptors (Lipinski definition) is 3. The maximum Gasteiger partial charge on any atom is 0.225 e. The summed E-state index contributed by atoms with van der Waals surface area (Å²) in [5, 5.41) is 0. The van der Waals surface area contributed by atoms with Crippen LogP contribution in [0.5, 0.6) is 0 Å². The topological polar surface area (TPSA) is 41.4 Å². The maximum atomic E-state index is 13.2. The molecule has 3 aromatic rings. The van der Waals surface area contributed by atoms with Gasteiger partial charge in [-0.25, -0.2) is 4.98 Å². The zero-order valence-electron chi connectivity index (χ0n) is 25.1. The van der Waals surface area contributed by atoms with Gasteiger partial charge >= 0.3 is 0 Å². The number of nitrogens with zero attached hydrogens (tertiary/aromatic N) is 4. The second-order valence-electron chi connectivity index (χ2n) is 13.2. The van der Waals surface area contributed by atoms with Crippen molar-refractivity contribution in [3.63, 3.8) is 0 Å². The Bertz CT molecular complexity index is 1320. The first kappa shape index (κ1) is 27.5. The summed E-state index contributed by atoms with van der Waals surface area (Å²) in [4.78, 5) is 23.2. The lowest BCUT2D eigenvalue weighted by molar-refractivity contribution is -0.137. The van der Waals surface area contributed by atoms with Crippen LogP contribution in [0.4, 0.5) is 0 Å². The van der Waals surface area contributed by atoms with Gasteiger partial charge < -0.3 is 9.47 Å². The molecule has 1 aromatic heterocycles. The van der Waals surface area contributed by atoms with E-state index < -0.39 is 0 Å². The van der Waals surface area contributed by atoms with Gasteiger partial charge in [-0.15, -0.1) is 0 Å². The maximum absolute atomic E-state index is 13.2. The van der Waals surface area contributed by atoms with E-state index in [-0.39, 0.29) is 16.9 Å². The molecule has 3 aliphatic rings. The number of carbonyl (C=O) groups is 1. The number of rotatable bonds is 8. The van der Waals surface area contributed by atoms with E-state index in [0.717, 1.165) is 56.7 Å². The van der Waals surface area contributed by atoms with Gasteiger partial charge in [0.05, 0.1) is 11.0 Å². The van der Waals surface area contributed by atoms with Crippen LogP contribution in [-0.4, -0.2) is 56.5 Å². The zero-order valence-corrected chi connectivity index (χ0v) is 25.1. The van der Waals surface area contributed by atoms with E-state index in [1.165, 1.54) is 43.2 Å². The van der Waals surface area contributed by atoms with Gasteiger partial charge in [-0.05, 0) is 101 Å². The summed E-state index contributed by atoms with van der Waals surface area (Å²) in [6, 6.07) is 21.0. The summed E-state index contributed by atoms with van der Waals surface area (Å²) in [6.07, 6.45) is 10.2. The predicted octanol–water partition coefficient (Wildman–Crippen LogP) is 7.29. The molecule has 3 atom stereocenters. The van der Waals surface area contributed by atoms with Crippen LogP contribution in [0.3, 0.4) is 0 Å². The second kappa shape index (κ2) is 11.0. The number of fused-ring (bicyclic) bond motifs is 3. The van der Waals surface area contributed by atoms with Crippen LogP contribution in [0.1, 0.15) is 96.0 Å². The van der Waals surface area contributed by atoms with Crippen molar-refractivity contribution >= 4 is 16.9 Å². The van der Waals surface area contributed by atoms with Crippen molar-refractivity contribution in [3.05, 3.63) is 66.0 Å². The summed E-state index contributed by atoms with van der Waals surface area (Å²) in [6.45, 7) is 11.9. The van der Waals surface area contributed by atoms with Crippen molar-refractivity contribution in [1.29, 1.82) is 0 Å². The van der Waals surface area contributed by atoms with E-state index in [1.807, 2.05) is 0 Å². The Hall–Kier alpha value is -2.66. The molecule has 214 valence electrons. The third-order valence-corrected chi connectivity index (χ3v) is 11.1. The monoisotopic (exact) mass is 540 g/mol. The highest BCUT2D eigenvalue weighted by molar-refractivity contribution is 5.79. The number of piperidine rings is 2. The third-order valence-electron chi connectivity index (χ3n) is 11.1. The number of aryl methyl sites for hydroxylation is 1. The fraction of sp³-hybridized carbons (Fsp3) is 0.600. The number of carbonyl (C=O) groups excluding carboxylic acids is 1. The van der Waals surface area contributed by atoms with Crippen molar-refractivity contribution in [3.8, 4) is 0 Å². The van der Waals surface area contributed by atoms with Crippen molar-refractivity contribution in [2.24, 2.45) is 5.92 Å². The van der Waals surface area contributed by atoms with Gasteiger partial charge in [0.25, 0.3) is 0 Å². The van der Waals surface area contributed by atoms with Crippen LogP contribution in [0.25, 0.3) is 11.0 Å². The number of hydrogen-bond donors (Lipinski definition) is 0. The first-order valence-corrected chi connectivity index (χ1v) is 15.9. The predicted molar refractivity (Wildman–Crippen MR) is 163 cm³/mol. The van der Waals surface area contributed by atoms with Gasteiger partial charge in [-0.1, -0.05) is 56.3 Å². The van der Waals surface area contributed by atoms with Gasteiger partial charge in [-0.3, -0.25) is 9.69 Å². The molecule has 5 nitrogen and oxygen atoms in total. The molecular weight excluding hydrogens is 492 g/mol. The number of benzene rings is 2. The Balaban J connectivity index is 1.19. The van der Waals surface area contributed by atoms with Gasteiger partial charge in [-0.2, -0.15) is 0 Å². The number of para-hydroxylation sites is 2. The van der Waals surface area contributed by atoms with Crippen molar-refractivity contribution in [2.75, 3.05) is 19.6 Å². The fourth-order valence-corrected chi connectivity index (χ4v) is 8.72. The number of likely N-dealkylation sites (tertiary alicyclic amines) is 1. The van der Waals surface area contributed by atoms with Gasteiger partial charge in [0.2, 0.25) is 5.91 Å². The molecule has 1 amide bonds. The molecule has 5 heteroatoms. The zero-order chi connectivity index (χ0) is 27.9. The standard InChI is InChI=1S/C35H48N4O/c1-5-27(6-2)33(40)37-21-18-35(19-22-37,28-12-8-7-9-13-28)20-23-38-29-16-17-34(38,4)25-30(24-29)39-26(3)36-31-14-10-11-15-32(31)39/h7-15,27,29-30H,5-6,16-25H2,1-4H3/t29-,30?,34+/m1/s1. The molecule has 0 saturated carbocycles. The summed E-state index contributed by atoms with van der Waals surface area (Å²) < 4.78 is 2.54. The van der Waals surface area contributed by atoms with Crippen LogP contribution in [-0.2, 0) is 10.2 Å². The molecule has 0 radical (unpaired) electrons. The summed E-state index contributed by atoms with van der Waals surface area (Å²) in [7, 11) is 0. The van der Waals surface area contributed by atoms with E-state index in [4.69, 9.17) is 4.98 Å². The lowest BCUT2D eigenvalue weighted by Gasteiger charge is -2.49. The van der Waals surface area contributed by atoms with E-state index in [9.17, 15) is 4.79 Å². The lowest BCUT2D eigenvalue weighted by atomic mass is 9.70. The molecule has 40 heavy (non-hydrogen) atoms. The molecule has 0 N–H and O–H groups in total. The van der Waals surface area contributed by atoms with Gasteiger partial charge in [0, 0.05) is 36.6 Å². The van der Waals surface area contributed by atoms with Crippen molar-refractivity contribution in [1.82, 2.24) is 19.4 Å². The Kier molecular flexibility index (Phi) is 7.54. The molecule has 3 aliphatic heterocycles. The minimum Gasteiger partial charge on any atom is -0.342 e. The number of imidazole rings is 1. The SMILES string of the molecule is CCC(CC)C(=O)N1CCC(CCN2[C@@H]3CC[C@@]2(C)CC(n2c(C)nc4ccccc42)C3)(c2ccccc2)CC1. The highest BCUT2D eigenvalue weighted by Gasteiger charge is 2.50. The quantitative estimate of drug-likeness (QED) is 0.301. The largest absolute Gasteiger partial charge is 0.342 e. The van der Waals surface area contributed by atoms with E-state index in [0.29, 0.717) is 18.0 Å². The van der Waals surface area contributed by atoms with E-state index in [1.54, 1.807) is 0 Å². The smallest absolute Gasteiger partial charge is 0.225 e. The summed E-state index contributed by atoms with van der Waals surface area (Å²) >= 11 is 0. The lowest BCUT2D eigenvalue weighted by Crippen LogP contribution is -2.53. The number of amides is 1. The Labute approximate surface area is 241 Å². The third kappa shape index (κ3) is 4.78. The molecule has 0 spiro atoms. The second-order valence-corrected chi connectivity index (χ2v) is 13.2. The highest BCUT2D eigenvalue weighted by atomic mass is 16.2. The Morgan fingerprint density at radius 3 is 2.38 bits per heavy atom. The minimum absolute atomic E-state index is 0.149. The van der Waals surface area contributed by atoms with E-state index >= 15 is 0 Å². The summed E-state index contributed by atoms with van der Waals surface area (Å²) in [5.74, 6) is 1.71. The minimum atomic E-state index is 0.149.